The van der Waals surface area contributed by atoms with E-state index in [1.165, 1.54) is 6.20 Å². The number of nitrogens with one attached hydrogen (secondary N) is 2. The van der Waals surface area contributed by atoms with Crippen LogP contribution in [0.4, 0.5) is 5.82 Å². The number of hydrogen-bond donors (Lipinski definition) is 2. The summed E-state index contributed by atoms with van der Waals surface area (Å²) < 4.78 is 27.5. The van der Waals surface area contributed by atoms with Crippen molar-refractivity contribution in [2.24, 2.45) is 0 Å². The van der Waals surface area contributed by atoms with Gasteiger partial charge in [0.1, 0.15) is 10.7 Å². The topological polar surface area (TPSA) is 71.1 Å². The molecular formula is C14H23N3O2S. The first kappa shape index (κ1) is 15.3. The Morgan fingerprint density at radius 1 is 1.30 bits per heavy atom. The first-order valence-electron chi connectivity index (χ1n) is 7.19. The first-order chi connectivity index (χ1) is 9.45. The van der Waals surface area contributed by atoms with Gasteiger partial charge in [0, 0.05) is 18.3 Å². The summed E-state index contributed by atoms with van der Waals surface area (Å²) >= 11 is 0. The lowest BCUT2D eigenvalue weighted by atomic mass is 10.0. The zero-order chi connectivity index (χ0) is 14.6. The van der Waals surface area contributed by atoms with Crippen LogP contribution in [0.25, 0.3) is 0 Å². The van der Waals surface area contributed by atoms with E-state index in [9.17, 15) is 8.42 Å². The third kappa shape index (κ3) is 3.70. The molecule has 0 unspecified atom stereocenters. The average Bonchev–Trinajstić information content (AvgIpc) is 2.82. The van der Waals surface area contributed by atoms with Gasteiger partial charge in [0.15, 0.2) is 0 Å². The van der Waals surface area contributed by atoms with Crippen molar-refractivity contribution in [2.75, 3.05) is 11.9 Å². The molecule has 20 heavy (non-hydrogen) atoms. The van der Waals surface area contributed by atoms with Crippen LogP contribution >= 0.6 is 0 Å². The van der Waals surface area contributed by atoms with E-state index in [0.29, 0.717) is 5.82 Å². The molecule has 6 heteroatoms. The van der Waals surface area contributed by atoms with Crippen molar-refractivity contribution in [3.05, 3.63) is 18.3 Å². The van der Waals surface area contributed by atoms with Crippen LogP contribution in [0, 0.1) is 0 Å². The number of rotatable bonds is 6. The highest BCUT2D eigenvalue weighted by Crippen LogP contribution is 2.30. The Labute approximate surface area is 121 Å². The molecule has 0 aromatic carbocycles. The fourth-order valence-corrected chi connectivity index (χ4v) is 3.95. The first-order valence-corrected chi connectivity index (χ1v) is 8.67. The lowest BCUT2D eigenvalue weighted by Gasteiger charge is -2.24. The summed E-state index contributed by atoms with van der Waals surface area (Å²) in [6.45, 7) is 4.87. The fourth-order valence-electron chi connectivity index (χ4n) is 2.54. The molecule has 0 radical (unpaired) electrons. The second-order valence-corrected chi connectivity index (χ2v) is 7.36. The summed E-state index contributed by atoms with van der Waals surface area (Å²) in [5.74, 6) is 0.706. The Bertz CT molecular complexity index is 534. The van der Waals surface area contributed by atoms with E-state index in [4.69, 9.17) is 0 Å². The lowest BCUT2D eigenvalue weighted by molar-refractivity contribution is 0.427. The number of nitrogens with zero attached hydrogens (tertiary/aromatic N) is 1. The van der Waals surface area contributed by atoms with Crippen molar-refractivity contribution in [3.63, 3.8) is 0 Å². The summed E-state index contributed by atoms with van der Waals surface area (Å²) in [4.78, 5) is 4.38. The van der Waals surface area contributed by atoms with Gasteiger partial charge in [-0.15, -0.1) is 0 Å². The highest BCUT2D eigenvalue weighted by atomic mass is 32.2. The van der Waals surface area contributed by atoms with Crippen LogP contribution in [0.15, 0.2) is 23.2 Å². The van der Waals surface area contributed by atoms with Gasteiger partial charge in [0.25, 0.3) is 0 Å². The molecule has 1 aliphatic rings. The van der Waals surface area contributed by atoms with E-state index in [0.717, 1.165) is 38.6 Å². The van der Waals surface area contributed by atoms with E-state index >= 15 is 0 Å². The molecule has 1 heterocycles. The van der Waals surface area contributed by atoms with E-state index in [1.54, 1.807) is 12.1 Å². The molecule has 2 rings (SSSR count). The van der Waals surface area contributed by atoms with E-state index in [-0.39, 0.29) is 10.4 Å². The van der Waals surface area contributed by atoms with Crippen LogP contribution < -0.4 is 10.0 Å². The Balaban J connectivity index is 2.09. The van der Waals surface area contributed by atoms with Crippen LogP contribution in [-0.2, 0) is 10.0 Å². The molecule has 1 aromatic heterocycles. The van der Waals surface area contributed by atoms with Gasteiger partial charge in [-0.3, -0.25) is 0 Å². The summed E-state index contributed by atoms with van der Waals surface area (Å²) in [6, 6.07) is 3.31. The van der Waals surface area contributed by atoms with Crippen molar-refractivity contribution in [1.29, 1.82) is 0 Å². The van der Waals surface area contributed by atoms with E-state index in [2.05, 4.69) is 21.9 Å². The average molecular weight is 297 g/mol. The maximum Gasteiger partial charge on any atom is 0.242 e. The molecule has 1 saturated carbocycles. The van der Waals surface area contributed by atoms with Crippen LogP contribution in [0.1, 0.15) is 46.0 Å². The van der Waals surface area contributed by atoms with Gasteiger partial charge in [-0.25, -0.2) is 18.1 Å². The predicted octanol–water partition coefficient (Wildman–Crippen LogP) is 2.51. The Hall–Kier alpha value is -1.14. The predicted molar refractivity (Wildman–Crippen MR) is 80.2 cm³/mol. The smallest absolute Gasteiger partial charge is 0.242 e. The lowest BCUT2D eigenvalue weighted by Crippen LogP contribution is -2.43. The third-order valence-corrected chi connectivity index (χ3v) is 5.31. The monoisotopic (exact) mass is 297 g/mol. The molecule has 0 amide bonds. The standard InChI is InChI=1S/C14H23N3O2S/c1-3-10-15-13-7-6-12(11-16-13)20(18,19)17-14(2)8-4-5-9-14/h6-7,11,17H,3-5,8-10H2,1-2H3,(H,15,16). The maximum absolute atomic E-state index is 12.3. The number of aromatic nitrogens is 1. The largest absolute Gasteiger partial charge is 0.370 e. The second kappa shape index (κ2) is 6.10. The third-order valence-electron chi connectivity index (χ3n) is 3.69. The molecule has 0 bridgehead atoms. The summed E-state index contributed by atoms with van der Waals surface area (Å²) in [5.41, 5.74) is -0.308. The van der Waals surface area contributed by atoms with Gasteiger partial charge in [-0.1, -0.05) is 19.8 Å². The summed E-state index contributed by atoms with van der Waals surface area (Å²) in [6.07, 6.45) is 6.38. The number of pyridine rings is 1. The van der Waals surface area contributed by atoms with Crippen molar-refractivity contribution in [1.82, 2.24) is 9.71 Å². The molecule has 0 spiro atoms. The normalized spacial score (nSPS) is 18.1. The minimum absolute atomic E-state index is 0.229. The molecule has 0 aliphatic heterocycles. The summed E-state index contributed by atoms with van der Waals surface area (Å²) in [7, 11) is -3.48. The highest BCUT2D eigenvalue weighted by Gasteiger charge is 2.33. The highest BCUT2D eigenvalue weighted by molar-refractivity contribution is 7.89. The minimum atomic E-state index is -3.48. The van der Waals surface area contributed by atoms with Crippen LogP contribution in [0.3, 0.4) is 0 Å². The van der Waals surface area contributed by atoms with E-state index < -0.39 is 10.0 Å². The van der Waals surface area contributed by atoms with Crippen LogP contribution in [-0.4, -0.2) is 25.5 Å². The number of anilines is 1. The Morgan fingerprint density at radius 3 is 2.55 bits per heavy atom. The second-order valence-electron chi connectivity index (χ2n) is 5.68. The molecular weight excluding hydrogens is 274 g/mol. The fraction of sp³-hybridized carbons (Fsp3) is 0.643. The van der Waals surface area contributed by atoms with Crippen LogP contribution in [0.5, 0.6) is 0 Å². The molecule has 5 nitrogen and oxygen atoms in total. The maximum atomic E-state index is 12.3. The molecule has 2 N–H and O–H groups in total. The SMILES string of the molecule is CCCNc1ccc(S(=O)(=O)NC2(C)CCCC2)cn1. The number of hydrogen-bond acceptors (Lipinski definition) is 4. The van der Waals surface area contributed by atoms with Gasteiger partial charge in [-0.2, -0.15) is 0 Å². The number of sulfonamides is 1. The minimum Gasteiger partial charge on any atom is -0.370 e. The van der Waals surface area contributed by atoms with Crippen molar-refractivity contribution in [2.45, 2.75) is 56.4 Å². The molecule has 1 aliphatic carbocycles. The van der Waals surface area contributed by atoms with Gasteiger partial charge in [0.2, 0.25) is 10.0 Å². The Morgan fingerprint density at radius 2 is 2.00 bits per heavy atom. The summed E-state index contributed by atoms with van der Waals surface area (Å²) in [5, 5.41) is 3.13. The molecule has 112 valence electrons. The van der Waals surface area contributed by atoms with E-state index in [1.807, 2.05) is 6.92 Å². The zero-order valence-electron chi connectivity index (χ0n) is 12.1. The van der Waals surface area contributed by atoms with Gasteiger partial charge in [-0.05, 0) is 38.3 Å². The van der Waals surface area contributed by atoms with Crippen LogP contribution in [0.2, 0.25) is 0 Å². The molecule has 0 atom stereocenters. The van der Waals surface area contributed by atoms with Crippen molar-refractivity contribution < 1.29 is 8.42 Å². The molecule has 1 fully saturated rings. The van der Waals surface area contributed by atoms with Gasteiger partial charge >= 0.3 is 0 Å². The van der Waals surface area contributed by atoms with Crippen molar-refractivity contribution >= 4 is 15.8 Å². The molecule has 0 saturated heterocycles. The van der Waals surface area contributed by atoms with Gasteiger partial charge in [0.05, 0.1) is 0 Å². The zero-order valence-corrected chi connectivity index (χ0v) is 13.0. The van der Waals surface area contributed by atoms with Gasteiger partial charge < -0.3 is 5.32 Å². The molecule has 1 aromatic rings. The quantitative estimate of drug-likeness (QED) is 0.846. The Kier molecular flexibility index (Phi) is 4.65. The van der Waals surface area contributed by atoms with Crippen molar-refractivity contribution in [3.8, 4) is 0 Å².